The first kappa shape index (κ1) is 15.3. The summed E-state index contributed by atoms with van der Waals surface area (Å²) in [5, 5.41) is 7.23. The van der Waals surface area contributed by atoms with E-state index in [1.54, 1.807) is 23.9 Å². The minimum atomic E-state index is -0.224. The number of aryl methyl sites for hydroxylation is 1. The summed E-state index contributed by atoms with van der Waals surface area (Å²) in [6.45, 7) is 6.15. The molecule has 2 heterocycles. The topological polar surface area (TPSA) is 67.2 Å². The van der Waals surface area contributed by atoms with Crippen molar-refractivity contribution in [1.82, 2.24) is 9.78 Å². The van der Waals surface area contributed by atoms with Crippen LogP contribution in [0.5, 0.6) is 0 Å². The van der Waals surface area contributed by atoms with Crippen LogP contribution in [0.4, 0.5) is 11.4 Å². The van der Waals surface area contributed by atoms with E-state index in [-0.39, 0.29) is 23.8 Å². The monoisotopic (exact) mass is 312 g/mol. The van der Waals surface area contributed by atoms with Gasteiger partial charge >= 0.3 is 0 Å². The zero-order chi connectivity index (χ0) is 16.8. The highest BCUT2D eigenvalue weighted by molar-refractivity contribution is 6.14. The van der Waals surface area contributed by atoms with Crippen LogP contribution in [0.15, 0.2) is 30.3 Å². The molecular formula is C17H20N4O2. The molecule has 2 aromatic rings. The number of aromatic nitrogens is 2. The molecule has 0 radical (unpaired) electrons. The Hall–Kier alpha value is -2.63. The Kier molecular flexibility index (Phi) is 3.47. The summed E-state index contributed by atoms with van der Waals surface area (Å²) < 4.78 is 1.58. The number of nitrogens with one attached hydrogen (secondary N) is 1. The van der Waals surface area contributed by atoms with Crippen LogP contribution in [0.2, 0.25) is 0 Å². The van der Waals surface area contributed by atoms with E-state index in [4.69, 9.17) is 0 Å². The van der Waals surface area contributed by atoms with Gasteiger partial charge < -0.3 is 5.32 Å². The van der Waals surface area contributed by atoms with Crippen molar-refractivity contribution in [2.75, 3.05) is 16.8 Å². The molecular weight excluding hydrogens is 292 g/mol. The highest BCUT2D eigenvalue weighted by Crippen LogP contribution is 2.30. The molecule has 0 unspecified atom stereocenters. The van der Waals surface area contributed by atoms with Crippen LogP contribution in [0.3, 0.4) is 0 Å². The van der Waals surface area contributed by atoms with Gasteiger partial charge in [-0.1, -0.05) is 32.9 Å². The molecule has 0 fully saturated rings. The van der Waals surface area contributed by atoms with E-state index in [0.717, 1.165) is 5.69 Å². The van der Waals surface area contributed by atoms with Gasteiger partial charge in [0.25, 0.3) is 5.91 Å². The number of rotatable bonds is 1. The van der Waals surface area contributed by atoms with Crippen molar-refractivity contribution in [1.29, 1.82) is 0 Å². The van der Waals surface area contributed by atoms with E-state index in [1.165, 1.54) is 4.90 Å². The third-order valence-electron chi connectivity index (χ3n) is 3.88. The highest BCUT2D eigenvalue weighted by atomic mass is 16.2. The molecule has 1 aromatic carbocycles. The Morgan fingerprint density at radius 3 is 2.61 bits per heavy atom. The van der Waals surface area contributed by atoms with E-state index in [1.807, 2.05) is 39.0 Å². The van der Waals surface area contributed by atoms with Crippen molar-refractivity contribution in [3.8, 4) is 0 Å². The van der Waals surface area contributed by atoms with Gasteiger partial charge in [0.1, 0.15) is 12.2 Å². The third kappa shape index (κ3) is 2.72. The Morgan fingerprint density at radius 2 is 1.96 bits per heavy atom. The van der Waals surface area contributed by atoms with E-state index in [9.17, 15) is 9.59 Å². The second-order valence-corrected chi connectivity index (χ2v) is 6.75. The van der Waals surface area contributed by atoms with E-state index in [0.29, 0.717) is 17.1 Å². The Bertz CT molecular complexity index is 786. The molecule has 6 nitrogen and oxygen atoms in total. The van der Waals surface area contributed by atoms with Gasteiger partial charge in [0.15, 0.2) is 0 Å². The lowest BCUT2D eigenvalue weighted by Crippen LogP contribution is -2.42. The summed E-state index contributed by atoms with van der Waals surface area (Å²) in [4.78, 5) is 26.3. The number of carbonyl (C=O) groups excluding carboxylic acids is 2. The van der Waals surface area contributed by atoms with Crippen molar-refractivity contribution in [3.05, 3.63) is 41.7 Å². The fourth-order valence-corrected chi connectivity index (χ4v) is 2.59. The smallest absolute Gasteiger partial charge is 0.277 e. The third-order valence-corrected chi connectivity index (χ3v) is 3.88. The maximum absolute atomic E-state index is 13.0. The first-order valence-electron chi connectivity index (χ1n) is 7.52. The summed E-state index contributed by atoms with van der Waals surface area (Å²) in [7, 11) is 1.75. The zero-order valence-corrected chi connectivity index (χ0v) is 13.8. The zero-order valence-electron chi connectivity index (χ0n) is 13.8. The Balaban J connectivity index is 2.01. The molecule has 0 bridgehead atoms. The number of para-hydroxylation sites is 2. The first-order valence-corrected chi connectivity index (χ1v) is 7.52. The van der Waals surface area contributed by atoms with Gasteiger partial charge in [-0.3, -0.25) is 19.2 Å². The number of amides is 2. The SMILES string of the molecule is Cn1nc(C(C)(C)C)cc1C(=O)N1CC(=O)Nc2ccccc21. The molecule has 2 amide bonds. The Labute approximate surface area is 135 Å². The van der Waals surface area contributed by atoms with Gasteiger partial charge in [0.05, 0.1) is 17.1 Å². The minimum absolute atomic E-state index is 0.00583. The second-order valence-electron chi connectivity index (χ2n) is 6.75. The van der Waals surface area contributed by atoms with Gasteiger partial charge in [0.2, 0.25) is 5.91 Å². The molecule has 23 heavy (non-hydrogen) atoms. The van der Waals surface area contributed by atoms with Gasteiger partial charge in [-0.25, -0.2) is 0 Å². The predicted octanol–water partition coefficient (Wildman–Crippen LogP) is 2.32. The summed E-state index contributed by atoms with van der Waals surface area (Å²) in [5.41, 5.74) is 2.52. The lowest BCUT2D eigenvalue weighted by molar-refractivity contribution is -0.115. The normalized spacial score (nSPS) is 14.4. The molecule has 1 aliphatic rings. The molecule has 3 rings (SSSR count). The minimum Gasteiger partial charge on any atom is -0.323 e. The average Bonchev–Trinajstić information content (AvgIpc) is 2.87. The van der Waals surface area contributed by atoms with E-state index in [2.05, 4.69) is 10.4 Å². The molecule has 1 aliphatic heterocycles. The Morgan fingerprint density at radius 1 is 1.26 bits per heavy atom. The van der Waals surface area contributed by atoms with Crippen molar-refractivity contribution in [2.24, 2.45) is 7.05 Å². The number of nitrogens with zero attached hydrogens (tertiary/aromatic N) is 3. The largest absolute Gasteiger partial charge is 0.323 e. The second kappa shape index (κ2) is 5.22. The summed E-state index contributed by atoms with van der Waals surface area (Å²) >= 11 is 0. The standard InChI is InChI=1S/C17H20N4O2/c1-17(2,3)14-9-13(20(4)19-14)16(23)21-10-15(22)18-11-7-5-6-8-12(11)21/h5-9H,10H2,1-4H3,(H,18,22). The lowest BCUT2D eigenvalue weighted by Gasteiger charge is -2.29. The quantitative estimate of drug-likeness (QED) is 0.878. The fraction of sp³-hybridized carbons (Fsp3) is 0.353. The molecule has 0 saturated carbocycles. The average molecular weight is 312 g/mol. The molecule has 0 saturated heterocycles. The van der Waals surface area contributed by atoms with Crippen molar-refractivity contribution >= 4 is 23.2 Å². The van der Waals surface area contributed by atoms with Crippen LogP contribution in [-0.2, 0) is 17.3 Å². The van der Waals surface area contributed by atoms with Crippen molar-refractivity contribution in [3.63, 3.8) is 0 Å². The maximum atomic E-state index is 13.0. The number of benzene rings is 1. The molecule has 0 spiro atoms. The highest BCUT2D eigenvalue weighted by Gasteiger charge is 2.30. The van der Waals surface area contributed by atoms with Crippen LogP contribution >= 0.6 is 0 Å². The summed E-state index contributed by atoms with van der Waals surface area (Å²) in [6.07, 6.45) is 0. The molecule has 6 heteroatoms. The van der Waals surface area contributed by atoms with Crippen molar-refractivity contribution in [2.45, 2.75) is 26.2 Å². The van der Waals surface area contributed by atoms with Crippen LogP contribution in [0, 0.1) is 0 Å². The number of anilines is 2. The van der Waals surface area contributed by atoms with Crippen LogP contribution in [0.25, 0.3) is 0 Å². The summed E-state index contributed by atoms with van der Waals surface area (Å²) in [5.74, 6) is -0.423. The molecule has 1 aromatic heterocycles. The van der Waals surface area contributed by atoms with Crippen LogP contribution in [0.1, 0.15) is 37.0 Å². The number of carbonyl (C=O) groups is 2. The number of hydrogen-bond acceptors (Lipinski definition) is 3. The molecule has 120 valence electrons. The summed E-state index contributed by atoms with van der Waals surface area (Å²) in [6, 6.07) is 9.09. The van der Waals surface area contributed by atoms with Gasteiger partial charge in [-0.2, -0.15) is 5.10 Å². The fourth-order valence-electron chi connectivity index (χ4n) is 2.59. The molecule has 0 atom stereocenters. The first-order chi connectivity index (χ1) is 10.8. The van der Waals surface area contributed by atoms with E-state index < -0.39 is 0 Å². The lowest BCUT2D eigenvalue weighted by atomic mass is 9.92. The van der Waals surface area contributed by atoms with Gasteiger partial charge in [0, 0.05) is 12.5 Å². The number of hydrogen-bond donors (Lipinski definition) is 1. The molecule has 0 aliphatic carbocycles. The van der Waals surface area contributed by atoms with Crippen LogP contribution < -0.4 is 10.2 Å². The van der Waals surface area contributed by atoms with Crippen molar-refractivity contribution < 1.29 is 9.59 Å². The van der Waals surface area contributed by atoms with Gasteiger partial charge in [-0.05, 0) is 18.2 Å². The van der Waals surface area contributed by atoms with Crippen LogP contribution in [-0.4, -0.2) is 28.1 Å². The molecule has 1 N–H and O–H groups in total. The predicted molar refractivity (Wildman–Crippen MR) is 88.7 cm³/mol. The van der Waals surface area contributed by atoms with E-state index >= 15 is 0 Å². The maximum Gasteiger partial charge on any atom is 0.277 e. The van der Waals surface area contributed by atoms with Gasteiger partial charge in [-0.15, -0.1) is 0 Å². The number of fused-ring (bicyclic) bond motifs is 1.